The van der Waals surface area contributed by atoms with Gasteiger partial charge in [-0.2, -0.15) is 5.26 Å². The Morgan fingerprint density at radius 1 is 0.947 bits per heavy atom. The maximum absolute atomic E-state index is 13.3. The van der Waals surface area contributed by atoms with Crippen LogP contribution in [0, 0.1) is 17.1 Å². The van der Waals surface area contributed by atoms with Crippen LogP contribution in [0.1, 0.15) is 22.0 Å². The molecule has 4 aromatic rings. The molecule has 1 atom stereocenters. The van der Waals surface area contributed by atoms with Crippen molar-refractivity contribution in [2.75, 3.05) is 4.72 Å². The summed E-state index contributed by atoms with van der Waals surface area (Å²) in [4.78, 5) is 12.9. The van der Waals surface area contributed by atoms with E-state index in [1.54, 1.807) is 24.3 Å². The number of nitrogens with one attached hydrogen (secondary N) is 2. The van der Waals surface area contributed by atoms with Crippen LogP contribution < -0.4 is 14.8 Å². The first kappa shape index (κ1) is 26.9. The standard InChI is InChI=1S/C27H18Cl2FN3O4S/c28-18-7-14-24(22(15-18)27(34)32-25(16-31)17-5-8-19(30)9-6-17)33-38(35,36)21-12-10-20(11-13-21)37-26-4-2-1-3-23(26)29/h1-15,25,33H,(H,32,34)/t25-/m1/s1. The first-order valence-electron chi connectivity index (χ1n) is 11.0. The Labute approximate surface area is 228 Å². The van der Waals surface area contributed by atoms with Crippen LogP contribution in [0.4, 0.5) is 10.1 Å². The monoisotopic (exact) mass is 569 g/mol. The van der Waals surface area contributed by atoms with E-state index in [9.17, 15) is 22.9 Å². The summed E-state index contributed by atoms with van der Waals surface area (Å²) in [6.45, 7) is 0. The van der Waals surface area contributed by atoms with Crippen molar-refractivity contribution in [3.63, 3.8) is 0 Å². The number of nitriles is 1. The molecule has 0 radical (unpaired) electrons. The average molecular weight is 570 g/mol. The lowest BCUT2D eigenvalue weighted by molar-refractivity contribution is 0.0946. The van der Waals surface area contributed by atoms with Crippen molar-refractivity contribution in [3.05, 3.63) is 118 Å². The Bertz CT molecular complexity index is 1620. The Hall–Kier alpha value is -4.10. The molecule has 7 nitrogen and oxygen atoms in total. The molecule has 0 unspecified atom stereocenters. The number of ether oxygens (including phenoxy) is 1. The van der Waals surface area contributed by atoms with Crippen molar-refractivity contribution < 1.29 is 22.3 Å². The zero-order valence-electron chi connectivity index (χ0n) is 19.4. The number of anilines is 1. The largest absolute Gasteiger partial charge is 0.456 e. The van der Waals surface area contributed by atoms with Gasteiger partial charge in [-0.3, -0.25) is 9.52 Å². The van der Waals surface area contributed by atoms with E-state index >= 15 is 0 Å². The van der Waals surface area contributed by atoms with Crippen molar-refractivity contribution in [2.45, 2.75) is 10.9 Å². The molecule has 11 heteroatoms. The molecule has 192 valence electrons. The van der Waals surface area contributed by atoms with Crippen LogP contribution in [0.25, 0.3) is 0 Å². The van der Waals surface area contributed by atoms with Crippen LogP contribution in [0.3, 0.4) is 0 Å². The minimum Gasteiger partial charge on any atom is -0.456 e. The first-order valence-corrected chi connectivity index (χ1v) is 13.2. The summed E-state index contributed by atoms with van der Waals surface area (Å²) in [5, 5.41) is 12.6. The van der Waals surface area contributed by atoms with E-state index in [1.165, 1.54) is 54.6 Å². The van der Waals surface area contributed by atoms with E-state index in [0.29, 0.717) is 22.1 Å². The molecule has 0 aliphatic carbocycles. The van der Waals surface area contributed by atoms with Crippen molar-refractivity contribution in [2.24, 2.45) is 0 Å². The van der Waals surface area contributed by atoms with Gasteiger partial charge in [-0.15, -0.1) is 0 Å². The second kappa shape index (κ2) is 11.5. The predicted molar refractivity (Wildman–Crippen MR) is 142 cm³/mol. The highest BCUT2D eigenvalue weighted by atomic mass is 35.5. The lowest BCUT2D eigenvalue weighted by Gasteiger charge is -2.16. The van der Waals surface area contributed by atoms with Crippen LogP contribution in [-0.2, 0) is 10.0 Å². The fourth-order valence-electron chi connectivity index (χ4n) is 3.39. The summed E-state index contributed by atoms with van der Waals surface area (Å²) in [7, 11) is -4.13. The van der Waals surface area contributed by atoms with Crippen molar-refractivity contribution in [1.29, 1.82) is 5.26 Å². The second-order valence-corrected chi connectivity index (χ2v) is 10.4. The van der Waals surface area contributed by atoms with Crippen LogP contribution >= 0.6 is 23.2 Å². The lowest BCUT2D eigenvalue weighted by Crippen LogP contribution is -2.29. The van der Waals surface area contributed by atoms with Gasteiger partial charge in [0.15, 0.2) is 0 Å². The van der Waals surface area contributed by atoms with Gasteiger partial charge >= 0.3 is 0 Å². The first-order chi connectivity index (χ1) is 18.2. The van der Waals surface area contributed by atoms with Crippen LogP contribution in [0.15, 0.2) is 95.9 Å². The Morgan fingerprint density at radius 2 is 1.63 bits per heavy atom. The third-order valence-corrected chi connectivity index (χ3v) is 7.21. The SMILES string of the molecule is N#C[C@@H](NC(=O)c1cc(Cl)ccc1NS(=O)(=O)c1ccc(Oc2ccccc2Cl)cc1)c1ccc(F)cc1. The van der Waals surface area contributed by atoms with Gasteiger partial charge in [-0.05, 0) is 72.3 Å². The van der Waals surface area contributed by atoms with Crippen molar-refractivity contribution >= 4 is 44.8 Å². The van der Waals surface area contributed by atoms with Gasteiger partial charge in [0.05, 0.1) is 27.2 Å². The van der Waals surface area contributed by atoms with Crippen LogP contribution in [0.5, 0.6) is 11.5 Å². The minimum atomic E-state index is -4.13. The summed E-state index contributed by atoms with van der Waals surface area (Å²) in [5.41, 5.74) is 0.187. The minimum absolute atomic E-state index is 0.0564. The smallest absolute Gasteiger partial charge is 0.261 e. The van der Waals surface area contributed by atoms with E-state index in [2.05, 4.69) is 10.0 Å². The van der Waals surface area contributed by atoms with Gasteiger partial charge in [0.25, 0.3) is 15.9 Å². The number of benzene rings is 4. The highest BCUT2D eigenvalue weighted by Gasteiger charge is 2.22. The zero-order valence-corrected chi connectivity index (χ0v) is 21.7. The van der Waals surface area contributed by atoms with Gasteiger partial charge in [-0.1, -0.05) is 47.5 Å². The van der Waals surface area contributed by atoms with E-state index < -0.39 is 27.8 Å². The number of nitrogens with zero attached hydrogens (tertiary/aromatic N) is 1. The molecule has 0 saturated heterocycles. The molecule has 0 spiro atoms. The number of hydrogen-bond acceptors (Lipinski definition) is 5. The second-order valence-electron chi connectivity index (χ2n) is 7.89. The lowest BCUT2D eigenvalue weighted by atomic mass is 10.1. The topological polar surface area (TPSA) is 108 Å². The van der Waals surface area contributed by atoms with Crippen molar-refractivity contribution in [3.8, 4) is 17.6 Å². The van der Waals surface area contributed by atoms with E-state index in [1.807, 2.05) is 6.07 Å². The molecule has 0 aliphatic heterocycles. The molecular formula is C27H18Cl2FN3O4S. The number of sulfonamides is 1. The van der Waals surface area contributed by atoms with Gasteiger partial charge in [0, 0.05) is 5.02 Å². The predicted octanol–water partition coefficient (Wildman–Crippen LogP) is 6.72. The summed E-state index contributed by atoms with van der Waals surface area (Å²) in [5.74, 6) is -0.473. The highest BCUT2D eigenvalue weighted by Crippen LogP contribution is 2.30. The number of amides is 1. The molecule has 0 aromatic heterocycles. The van der Waals surface area contributed by atoms with E-state index in [-0.39, 0.29) is 21.2 Å². The van der Waals surface area contributed by atoms with Crippen LogP contribution in [0.2, 0.25) is 10.0 Å². The maximum atomic E-state index is 13.3. The fraction of sp³-hybridized carbons (Fsp3) is 0.0370. The number of hydrogen-bond donors (Lipinski definition) is 2. The number of carbonyl (C=O) groups excluding carboxylic acids is 1. The van der Waals surface area contributed by atoms with Gasteiger partial charge in [-0.25, -0.2) is 12.8 Å². The molecule has 38 heavy (non-hydrogen) atoms. The Morgan fingerprint density at radius 3 is 2.29 bits per heavy atom. The molecule has 1 amide bonds. The summed E-state index contributed by atoms with van der Waals surface area (Å²) in [6, 6.07) is 22.3. The van der Waals surface area contributed by atoms with E-state index in [0.717, 1.165) is 12.1 Å². The number of halogens is 3. The zero-order chi connectivity index (χ0) is 27.3. The molecule has 4 rings (SSSR count). The summed E-state index contributed by atoms with van der Waals surface area (Å²) >= 11 is 12.2. The quantitative estimate of drug-likeness (QED) is 0.245. The molecule has 0 bridgehead atoms. The molecule has 4 aromatic carbocycles. The molecule has 0 saturated carbocycles. The number of carbonyl (C=O) groups is 1. The Kier molecular flexibility index (Phi) is 8.17. The third kappa shape index (κ3) is 6.42. The van der Waals surface area contributed by atoms with E-state index in [4.69, 9.17) is 27.9 Å². The third-order valence-electron chi connectivity index (χ3n) is 5.28. The molecule has 0 aliphatic rings. The average Bonchev–Trinajstić information content (AvgIpc) is 2.90. The molecule has 0 fully saturated rings. The van der Waals surface area contributed by atoms with Crippen LogP contribution in [-0.4, -0.2) is 14.3 Å². The molecular weight excluding hydrogens is 552 g/mol. The fourth-order valence-corrected chi connectivity index (χ4v) is 4.82. The number of para-hydroxylation sites is 1. The van der Waals surface area contributed by atoms with Crippen molar-refractivity contribution in [1.82, 2.24) is 5.32 Å². The normalized spacial score (nSPS) is 11.7. The Balaban J connectivity index is 1.54. The summed E-state index contributed by atoms with van der Waals surface area (Å²) < 4.78 is 47.5. The molecule has 2 N–H and O–H groups in total. The van der Waals surface area contributed by atoms with Gasteiger partial charge < -0.3 is 10.1 Å². The number of rotatable bonds is 8. The molecule has 0 heterocycles. The highest BCUT2D eigenvalue weighted by molar-refractivity contribution is 7.92. The summed E-state index contributed by atoms with van der Waals surface area (Å²) in [6.07, 6.45) is 0. The maximum Gasteiger partial charge on any atom is 0.261 e. The van der Waals surface area contributed by atoms with Gasteiger partial charge in [0.2, 0.25) is 0 Å². The van der Waals surface area contributed by atoms with Gasteiger partial charge in [0.1, 0.15) is 23.4 Å².